The molecule has 3 N–H and O–H groups in total. The third kappa shape index (κ3) is 3.84. The molecular weight excluding hydrogens is 356 g/mol. The standard InChI is InChI=1S/C16H22N6O5/c1-4-5-26-16-18-12-13(19-15(20-14(12)25)17-8-21(2)3)22(16)11-6-9(24)10(7-23)27-11/h4,8-11,23-24H,1,5-7H2,2-3H3,(H,19,20,25)/b17-8+. The summed E-state index contributed by atoms with van der Waals surface area (Å²) in [6.07, 6.45) is 0.909. The van der Waals surface area contributed by atoms with Gasteiger partial charge in [0.1, 0.15) is 18.9 Å². The van der Waals surface area contributed by atoms with E-state index in [4.69, 9.17) is 9.47 Å². The van der Waals surface area contributed by atoms with E-state index < -0.39 is 24.0 Å². The molecule has 3 unspecified atom stereocenters. The van der Waals surface area contributed by atoms with Gasteiger partial charge < -0.3 is 24.6 Å². The third-order valence-electron chi connectivity index (χ3n) is 3.92. The first-order valence-electron chi connectivity index (χ1n) is 8.35. The van der Waals surface area contributed by atoms with E-state index in [2.05, 4.69) is 26.5 Å². The summed E-state index contributed by atoms with van der Waals surface area (Å²) in [5.41, 5.74) is -0.215. The van der Waals surface area contributed by atoms with Gasteiger partial charge in [0.25, 0.3) is 5.56 Å². The monoisotopic (exact) mass is 378 g/mol. The molecule has 2 aromatic rings. The van der Waals surface area contributed by atoms with E-state index in [9.17, 15) is 15.0 Å². The van der Waals surface area contributed by atoms with Crippen LogP contribution in [0.1, 0.15) is 12.6 Å². The number of rotatable bonds is 7. The third-order valence-corrected chi connectivity index (χ3v) is 3.92. The van der Waals surface area contributed by atoms with Crippen LogP contribution in [0.15, 0.2) is 22.4 Å². The van der Waals surface area contributed by atoms with Crippen LogP contribution in [-0.2, 0) is 4.74 Å². The van der Waals surface area contributed by atoms with Crippen LogP contribution in [0.25, 0.3) is 11.2 Å². The predicted octanol–water partition coefficient (Wildman–Crippen LogP) is -0.453. The Bertz CT molecular complexity index is 905. The fourth-order valence-electron chi connectivity index (χ4n) is 2.72. The van der Waals surface area contributed by atoms with E-state index in [1.54, 1.807) is 19.0 Å². The Morgan fingerprint density at radius 2 is 2.30 bits per heavy atom. The van der Waals surface area contributed by atoms with Gasteiger partial charge in [-0.2, -0.15) is 9.97 Å². The highest BCUT2D eigenvalue weighted by Gasteiger charge is 2.37. The first-order chi connectivity index (χ1) is 12.9. The molecule has 1 aliphatic rings. The normalized spacial score (nSPS) is 22.6. The molecule has 0 aromatic carbocycles. The molecule has 3 heterocycles. The summed E-state index contributed by atoms with van der Waals surface area (Å²) in [5.74, 6) is 0.0925. The highest BCUT2D eigenvalue weighted by atomic mass is 16.6. The second kappa shape index (κ2) is 7.86. The molecule has 146 valence electrons. The van der Waals surface area contributed by atoms with Gasteiger partial charge >= 0.3 is 6.01 Å². The molecule has 27 heavy (non-hydrogen) atoms. The molecule has 1 saturated heterocycles. The minimum atomic E-state index is -0.863. The maximum atomic E-state index is 12.4. The molecule has 0 amide bonds. The quantitative estimate of drug-likeness (QED) is 0.334. The Labute approximate surface area is 154 Å². The lowest BCUT2D eigenvalue weighted by Gasteiger charge is -2.16. The number of ether oxygens (including phenoxy) is 2. The summed E-state index contributed by atoms with van der Waals surface area (Å²) >= 11 is 0. The van der Waals surface area contributed by atoms with Crippen molar-refractivity contribution in [1.82, 2.24) is 24.4 Å². The second-order valence-electron chi connectivity index (χ2n) is 6.25. The average molecular weight is 378 g/mol. The summed E-state index contributed by atoms with van der Waals surface area (Å²) in [4.78, 5) is 29.3. The molecule has 0 spiro atoms. The maximum absolute atomic E-state index is 12.4. The van der Waals surface area contributed by atoms with Gasteiger partial charge in [0.15, 0.2) is 11.2 Å². The van der Waals surface area contributed by atoms with Crippen molar-refractivity contribution in [2.45, 2.75) is 24.9 Å². The van der Waals surface area contributed by atoms with Crippen molar-refractivity contribution < 1.29 is 19.7 Å². The van der Waals surface area contributed by atoms with Crippen LogP contribution in [0.2, 0.25) is 0 Å². The van der Waals surface area contributed by atoms with Crippen LogP contribution in [0, 0.1) is 0 Å². The molecule has 11 heteroatoms. The highest BCUT2D eigenvalue weighted by Crippen LogP contribution is 2.34. The van der Waals surface area contributed by atoms with Gasteiger partial charge in [0, 0.05) is 20.5 Å². The van der Waals surface area contributed by atoms with Crippen LogP contribution in [0.5, 0.6) is 6.01 Å². The first-order valence-corrected chi connectivity index (χ1v) is 8.35. The molecule has 1 aliphatic heterocycles. The molecule has 3 atom stereocenters. The summed E-state index contributed by atoms with van der Waals surface area (Å²) in [6.45, 7) is 3.42. The number of aliphatic hydroxyl groups excluding tert-OH is 2. The van der Waals surface area contributed by atoms with Gasteiger partial charge in [-0.3, -0.25) is 14.3 Å². The van der Waals surface area contributed by atoms with Crippen LogP contribution in [0.4, 0.5) is 5.95 Å². The van der Waals surface area contributed by atoms with Gasteiger partial charge in [-0.05, 0) is 0 Å². The number of aromatic amines is 1. The maximum Gasteiger partial charge on any atom is 0.301 e. The van der Waals surface area contributed by atoms with E-state index in [-0.39, 0.29) is 42.8 Å². The first kappa shape index (κ1) is 19.0. The van der Waals surface area contributed by atoms with Crippen LogP contribution < -0.4 is 10.3 Å². The average Bonchev–Trinajstić information content (AvgIpc) is 3.18. The number of aromatic nitrogens is 4. The van der Waals surface area contributed by atoms with Crippen molar-refractivity contribution in [3.8, 4) is 6.01 Å². The van der Waals surface area contributed by atoms with E-state index in [0.29, 0.717) is 0 Å². The Hall–Kier alpha value is -2.76. The molecule has 11 nitrogen and oxygen atoms in total. The number of aliphatic hydroxyl groups is 2. The van der Waals surface area contributed by atoms with Gasteiger partial charge in [-0.25, -0.2) is 4.99 Å². The number of hydrogen-bond acceptors (Lipinski definition) is 8. The number of hydrogen-bond donors (Lipinski definition) is 3. The zero-order chi connectivity index (χ0) is 19.6. The van der Waals surface area contributed by atoms with Gasteiger partial charge in [-0.1, -0.05) is 12.7 Å². The van der Waals surface area contributed by atoms with Gasteiger partial charge in [0.2, 0.25) is 5.95 Å². The lowest BCUT2D eigenvalue weighted by Crippen LogP contribution is -2.24. The summed E-state index contributed by atoms with van der Waals surface area (Å²) < 4.78 is 12.7. The second-order valence-corrected chi connectivity index (χ2v) is 6.25. The van der Waals surface area contributed by atoms with Crippen molar-refractivity contribution in [3.63, 3.8) is 0 Å². The Morgan fingerprint density at radius 3 is 2.93 bits per heavy atom. The lowest BCUT2D eigenvalue weighted by molar-refractivity contribution is -0.0453. The van der Waals surface area contributed by atoms with Crippen LogP contribution >= 0.6 is 0 Å². The molecule has 0 saturated carbocycles. The van der Waals surface area contributed by atoms with E-state index >= 15 is 0 Å². The summed E-state index contributed by atoms with van der Waals surface area (Å²) in [6, 6.07) is 0.104. The summed E-state index contributed by atoms with van der Waals surface area (Å²) in [5, 5.41) is 19.4. The largest absolute Gasteiger partial charge is 0.460 e. The van der Waals surface area contributed by atoms with Crippen molar-refractivity contribution in [1.29, 1.82) is 0 Å². The number of fused-ring (bicyclic) bond motifs is 1. The van der Waals surface area contributed by atoms with Gasteiger partial charge in [0.05, 0.1) is 19.0 Å². The molecule has 2 aromatic heterocycles. The zero-order valence-corrected chi connectivity index (χ0v) is 15.1. The van der Waals surface area contributed by atoms with E-state index in [0.717, 1.165) is 0 Å². The Kier molecular flexibility index (Phi) is 5.54. The molecule has 1 fully saturated rings. The molecule has 0 radical (unpaired) electrons. The molecule has 0 aliphatic carbocycles. The minimum absolute atomic E-state index is 0.0587. The fourth-order valence-corrected chi connectivity index (χ4v) is 2.72. The van der Waals surface area contributed by atoms with Crippen LogP contribution in [-0.4, -0.2) is 80.5 Å². The Morgan fingerprint density at radius 1 is 1.52 bits per heavy atom. The summed E-state index contributed by atoms with van der Waals surface area (Å²) in [7, 11) is 3.57. The highest BCUT2D eigenvalue weighted by molar-refractivity contribution is 5.73. The molecule has 0 bridgehead atoms. The molecular formula is C16H22N6O5. The van der Waals surface area contributed by atoms with Crippen molar-refractivity contribution in [2.75, 3.05) is 27.3 Å². The number of nitrogens with one attached hydrogen (secondary N) is 1. The SMILES string of the molecule is C=CCOc1nc2c(=O)[nH]c(/N=C/N(C)C)nc2n1C1CC(O)C(CO)O1. The van der Waals surface area contributed by atoms with E-state index in [1.807, 2.05) is 0 Å². The topological polar surface area (TPSA) is 138 Å². The minimum Gasteiger partial charge on any atom is -0.460 e. The smallest absolute Gasteiger partial charge is 0.301 e. The number of nitrogens with zero attached hydrogens (tertiary/aromatic N) is 5. The van der Waals surface area contributed by atoms with Gasteiger partial charge in [-0.15, -0.1) is 0 Å². The van der Waals surface area contributed by atoms with Crippen LogP contribution in [0.3, 0.4) is 0 Å². The number of imidazole rings is 1. The van der Waals surface area contributed by atoms with Crippen molar-refractivity contribution in [3.05, 3.63) is 23.0 Å². The predicted molar refractivity (Wildman–Crippen MR) is 97.3 cm³/mol. The number of H-pyrrole nitrogens is 1. The number of aliphatic imine (C=N–C) groups is 1. The van der Waals surface area contributed by atoms with Crippen molar-refractivity contribution >= 4 is 23.5 Å². The lowest BCUT2D eigenvalue weighted by atomic mass is 10.2. The van der Waals surface area contributed by atoms with E-state index in [1.165, 1.54) is 17.0 Å². The molecule has 3 rings (SSSR count). The van der Waals surface area contributed by atoms with Crippen molar-refractivity contribution in [2.24, 2.45) is 4.99 Å². The Balaban J connectivity index is 2.12. The zero-order valence-electron chi connectivity index (χ0n) is 15.1. The fraction of sp³-hybridized carbons (Fsp3) is 0.500.